The van der Waals surface area contributed by atoms with Gasteiger partial charge in [0.15, 0.2) is 0 Å². The Morgan fingerprint density at radius 3 is 2.89 bits per heavy atom. The first-order valence-electron chi connectivity index (χ1n) is 6.68. The third kappa shape index (κ3) is 2.10. The lowest BCUT2D eigenvalue weighted by Gasteiger charge is -2.24. The molecule has 2 aromatic rings. The highest BCUT2D eigenvalue weighted by Gasteiger charge is 2.27. The van der Waals surface area contributed by atoms with Gasteiger partial charge in [-0.3, -0.25) is 0 Å². The van der Waals surface area contributed by atoms with Crippen molar-refractivity contribution in [3.8, 4) is 0 Å². The molecular formula is C16H18N2O. The summed E-state index contributed by atoms with van der Waals surface area (Å²) in [6, 6.07) is 12.7. The SMILES string of the molecule is CC1Cc2ccccc2N1c1cc([C@@H](C)O)ccn1. The smallest absolute Gasteiger partial charge is 0.133 e. The molecule has 0 spiro atoms. The molecule has 0 saturated heterocycles. The highest BCUT2D eigenvalue weighted by Crippen LogP contribution is 2.37. The minimum atomic E-state index is -0.463. The second-order valence-corrected chi connectivity index (χ2v) is 5.18. The molecule has 0 amide bonds. The molecule has 3 heteroatoms. The molecule has 0 aliphatic carbocycles. The van der Waals surface area contributed by atoms with E-state index in [1.807, 2.05) is 12.1 Å². The second-order valence-electron chi connectivity index (χ2n) is 5.18. The summed E-state index contributed by atoms with van der Waals surface area (Å²) in [4.78, 5) is 6.72. The third-order valence-corrected chi connectivity index (χ3v) is 3.71. The van der Waals surface area contributed by atoms with Crippen LogP contribution in [-0.2, 0) is 6.42 Å². The number of rotatable bonds is 2. The topological polar surface area (TPSA) is 36.4 Å². The van der Waals surface area contributed by atoms with Gasteiger partial charge in [0.1, 0.15) is 5.82 Å². The Balaban J connectivity index is 2.05. The highest BCUT2D eigenvalue weighted by molar-refractivity contribution is 5.69. The number of para-hydroxylation sites is 1. The van der Waals surface area contributed by atoms with Crippen molar-refractivity contribution in [2.75, 3.05) is 4.90 Å². The van der Waals surface area contributed by atoms with Crippen molar-refractivity contribution in [2.24, 2.45) is 0 Å². The van der Waals surface area contributed by atoms with E-state index < -0.39 is 6.10 Å². The van der Waals surface area contributed by atoms with E-state index in [0.29, 0.717) is 6.04 Å². The van der Waals surface area contributed by atoms with Crippen LogP contribution < -0.4 is 4.90 Å². The van der Waals surface area contributed by atoms with Crippen LogP contribution in [0.1, 0.15) is 31.1 Å². The van der Waals surface area contributed by atoms with Crippen LogP contribution in [0.3, 0.4) is 0 Å². The van der Waals surface area contributed by atoms with Gasteiger partial charge in [0.05, 0.1) is 6.10 Å². The van der Waals surface area contributed by atoms with Gasteiger partial charge in [0.25, 0.3) is 0 Å². The number of hydrogen-bond donors (Lipinski definition) is 1. The number of aliphatic hydroxyl groups is 1. The lowest BCUT2D eigenvalue weighted by molar-refractivity contribution is 0.199. The van der Waals surface area contributed by atoms with Crippen LogP contribution in [0.4, 0.5) is 11.5 Å². The summed E-state index contributed by atoms with van der Waals surface area (Å²) < 4.78 is 0. The van der Waals surface area contributed by atoms with Crippen molar-refractivity contribution in [2.45, 2.75) is 32.4 Å². The second kappa shape index (κ2) is 4.67. The van der Waals surface area contributed by atoms with Crippen LogP contribution in [0.15, 0.2) is 42.6 Å². The lowest BCUT2D eigenvalue weighted by atomic mass is 10.1. The van der Waals surface area contributed by atoms with Crippen LogP contribution in [-0.4, -0.2) is 16.1 Å². The Hall–Kier alpha value is -1.87. The molecule has 1 aliphatic heterocycles. The maximum Gasteiger partial charge on any atom is 0.133 e. The van der Waals surface area contributed by atoms with Crippen molar-refractivity contribution < 1.29 is 5.11 Å². The number of aromatic nitrogens is 1. The normalized spacial score (nSPS) is 19.3. The largest absolute Gasteiger partial charge is 0.389 e. The van der Waals surface area contributed by atoms with E-state index in [2.05, 4.69) is 41.1 Å². The van der Waals surface area contributed by atoms with E-state index in [1.165, 1.54) is 11.3 Å². The molecule has 98 valence electrons. The van der Waals surface area contributed by atoms with E-state index in [4.69, 9.17) is 0 Å². The predicted molar refractivity (Wildman–Crippen MR) is 76.6 cm³/mol. The van der Waals surface area contributed by atoms with E-state index in [-0.39, 0.29) is 0 Å². The fraction of sp³-hybridized carbons (Fsp3) is 0.312. The van der Waals surface area contributed by atoms with Crippen molar-refractivity contribution in [1.82, 2.24) is 4.98 Å². The summed E-state index contributed by atoms with van der Waals surface area (Å²) in [5.74, 6) is 0.913. The molecule has 0 radical (unpaired) electrons. The van der Waals surface area contributed by atoms with Crippen LogP contribution >= 0.6 is 0 Å². The first-order valence-corrected chi connectivity index (χ1v) is 6.68. The van der Waals surface area contributed by atoms with Gasteiger partial charge in [-0.1, -0.05) is 18.2 Å². The zero-order valence-electron chi connectivity index (χ0n) is 11.2. The Labute approximate surface area is 113 Å². The number of fused-ring (bicyclic) bond motifs is 1. The first-order chi connectivity index (χ1) is 9.16. The zero-order valence-corrected chi connectivity index (χ0v) is 11.2. The summed E-state index contributed by atoms with van der Waals surface area (Å²) in [5, 5.41) is 9.71. The van der Waals surface area contributed by atoms with Crippen LogP contribution in [0, 0.1) is 0 Å². The van der Waals surface area contributed by atoms with E-state index >= 15 is 0 Å². The van der Waals surface area contributed by atoms with Gasteiger partial charge in [-0.15, -0.1) is 0 Å². The van der Waals surface area contributed by atoms with Crippen molar-refractivity contribution >= 4 is 11.5 Å². The summed E-state index contributed by atoms with van der Waals surface area (Å²) >= 11 is 0. The summed E-state index contributed by atoms with van der Waals surface area (Å²) in [6.45, 7) is 3.98. The van der Waals surface area contributed by atoms with Gasteiger partial charge in [-0.05, 0) is 49.6 Å². The molecule has 3 nitrogen and oxygen atoms in total. The van der Waals surface area contributed by atoms with Crippen LogP contribution in [0.2, 0.25) is 0 Å². The maximum atomic E-state index is 9.71. The molecular weight excluding hydrogens is 236 g/mol. The molecule has 1 N–H and O–H groups in total. The molecule has 2 atom stereocenters. The molecule has 1 unspecified atom stereocenters. The molecule has 2 heterocycles. The molecule has 3 rings (SSSR count). The standard InChI is InChI=1S/C16H18N2O/c1-11-9-14-5-3-4-6-15(14)18(11)16-10-13(12(2)19)7-8-17-16/h3-8,10-12,19H,9H2,1-2H3/t11?,12-/m1/s1. The molecule has 19 heavy (non-hydrogen) atoms. The van der Waals surface area contributed by atoms with Crippen molar-refractivity contribution in [3.05, 3.63) is 53.7 Å². The van der Waals surface area contributed by atoms with Crippen molar-refractivity contribution in [1.29, 1.82) is 0 Å². The summed E-state index contributed by atoms with van der Waals surface area (Å²) in [7, 11) is 0. The number of anilines is 2. The Bertz CT molecular complexity index is 595. The molecule has 1 aliphatic rings. The number of pyridine rings is 1. The monoisotopic (exact) mass is 254 g/mol. The third-order valence-electron chi connectivity index (χ3n) is 3.71. The molecule has 1 aromatic carbocycles. The average molecular weight is 254 g/mol. The Morgan fingerprint density at radius 1 is 1.32 bits per heavy atom. The number of nitrogens with zero attached hydrogens (tertiary/aromatic N) is 2. The minimum absolute atomic E-state index is 0.397. The summed E-state index contributed by atoms with van der Waals surface area (Å²) in [6.07, 6.45) is 2.34. The number of hydrogen-bond acceptors (Lipinski definition) is 3. The molecule has 1 aromatic heterocycles. The minimum Gasteiger partial charge on any atom is -0.389 e. The number of benzene rings is 1. The number of aliphatic hydroxyl groups excluding tert-OH is 1. The molecule has 0 bridgehead atoms. The molecule has 0 fully saturated rings. The van der Waals surface area contributed by atoms with Gasteiger partial charge in [-0.2, -0.15) is 0 Å². The Kier molecular flexibility index (Phi) is 2.99. The Morgan fingerprint density at radius 2 is 2.11 bits per heavy atom. The van der Waals surface area contributed by atoms with E-state index in [1.54, 1.807) is 13.1 Å². The van der Waals surface area contributed by atoms with Crippen molar-refractivity contribution in [3.63, 3.8) is 0 Å². The van der Waals surface area contributed by atoms with E-state index in [0.717, 1.165) is 17.8 Å². The van der Waals surface area contributed by atoms with Gasteiger partial charge in [0.2, 0.25) is 0 Å². The maximum absolute atomic E-state index is 9.71. The highest BCUT2D eigenvalue weighted by atomic mass is 16.3. The quantitative estimate of drug-likeness (QED) is 0.894. The van der Waals surface area contributed by atoms with Gasteiger partial charge in [0, 0.05) is 17.9 Å². The van der Waals surface area contributed by atoms with E-state index in [9.17, 15) is 5.11 Å². The predicted octanol–water partition coefficient (Wildman–Crippen LogP) is 3.22. The van der Waals surface area contributed by atoms with Crippen LogP contribution in [0.25, 0.3) is 0 Å². The van der Waals surface area contributed by atoms with Gasteiger partial charge in [-0.25, -0.2) is 4.98 Å². The van der Waals surface area contributed by atoms with Crippen LogP contribution in [0.5, 0.6) is 0 Å². The lowest BCUT2D eigenvalue weighted by Crippen LogP contribution is -2.24. The first kappa shape index (κ1) is 12.2. The average Bonchev–Trinajstić information content (AvgIpc) is 2.74. The zero-order chi connectivity index (χ0) is 13.4. The fourth-order valence-electron chi connectivity index (χ4n) is 2.74. The summed E-state index contributed by atoms with van der Waals surface area (Å²) in [5.41, 5.74) is 3.49. The molecule has 0 saturated carbocycles. The van der Waals surface area contributed by atoms with Gasteiger partial charge < -0.3 is 10.0 Å². The van der Waals surface area contributed by atoms with Gasteiger partial charge >= 0.3 is 0 Å². The fourth-order valence-corrected chi connectivity index (χ4v) is 2.74.